The van der Waals surface area contributed by atoms with Crippen LogP contribution in [-0.2, 0) is 4.79 Å². The van der Waals surface area contributed by atoms with Crippen molar-refractivity contribution < 1.29 is 19.2 Å². The third-order valence-electron chi connectivity index (χ3n) is 3.52. The number of benzene rings is 1. The average molecular weight is 337 g/mol. The number of aromatic nitrogens is 1. The van der Waals surface area contributed by atoms with Crippen LogP contribution in [0.4, 0.5) is 0 Å². The summed E-state index contributed by atoms with van der Waals surface area (Å²) in [4.78, 5) is 25.0. The lowest BCUT2D eigenvalue weighted by molar-refractivity contribution is -0.141. The molecule has 1 N–H and O–H groups in total. The van der Waals surface area contributed by atoms with Gasteiger partial charge >= 0.3 is 5.97 Å². The zero-order valence-corrected chi connectivity index (χ0v) is 13.8. The van der Waals surface area contributed by atoms with Gasteiger partial charge in [-0.3, -0.25) is 9.59 Å². The van der Waals surface area contributed by atoms with Gasteiger partial charge in [-0.2, -0.15) is 0 Å². The molecule has 0 aliphatic carbocycles. The molecule has 0 bridgehead atoms. The highest BCUT2D eigenvalue weighted by molar-refractivity contribution is 6.33. The molecule has 1 aromatic carbocycles. The number of carboxylic acids is 1. The Kier molecular flexibility index (Phi) is 5.05. The molecule has 1 aromatic heterocycles. The molecule has 2 aromatic rings. The Bertz CT molecular complexity index is 741. The second-order valence-electron chi connectivity index (χ2n) is 5.37. The minimum atomic E-state index is -0.960. The number of aliphatic carboxylic acids is 1. The predicted octanol–water partition coefficient (Wildman–Crippen LogP) is 3.10. The molecular weight excluding hydrogens is 320 g/mol. The van der Waals surface area contributed by atoms with E-state index in [-0.39, 0.29) is 18.0 Å². The molecule has 1 heterocycles. The minimum Gasteiger partial charge on any atom is -0.481 e. The van der Waals surface area contributed by atoms with Crippen LogP contribution < -0.4 is 0 Å². The molecule has 2 rings (SSSR count). The first kappa shape index (κ1) is 17.0. The van der Waals surface area contributed by atoms with E-state index in [4.69, 9.17) is 21.2 Å². The highest BCUT2D eigenvalue weighted by Gasteiger charge is 2.27. The number of rotatable bonds is 5. The van der Waals surface area contributed by atoms with Gasteiger partial charge < -0.3 is 14.5 Å². The number of aryl methyl sites for hydroxylation is 1. The molecule has 122 valence electrons. The van der Waals surface area contributed by atoms with E-state index in [1.807, 2.05) is 0 Å². The van der Waals surface area contributed by atoms with Gasteiger partial charge in [0.1, 0.15) is 17.0 Å². The van der Waals surface area contributed by atoms with Gasteiger partial charge in [0.2, 0.25) is 0 Å². The summed E-state index contributed by atoms with van der Waals surface area (Å²) in [6.07, 6.45) is 0. The number of nitrogens with zero attached hydrogens (tertiary/aromatic N) is 2. The molecule has 0 aliphatic heterocycles. The topological polar surface area (TPSA) is 83.6 Å². The molecule has 0 aliphatic rings. The Hall–Kier alpha value is -2.34. The summed E-state index contributed by atoms with van der Waals surface area (Å²) in [6, 6.07) is 7.01. The van der Waals surface area contributed by atoms with Crippen molar-refractivity contribution in [1.29, 1.82) is 0 Å². The van der Waals surface area contributed by atoms with Crippen molar-refractivity contribution in [2.24, 2.45) is 5.92 Å². The summed E-state index contributed by atoms with van der Waals surface area (Å²) >= 11 is 6.17. The molecule has 1 unspecified atom stereocenters. The van der Waals surface area contributed by atoms with Crippen LogP contribution in [0.1, 0.15) is 23.0 Å². The van der Waals surface area contributed by atoms with E-state index in [1.165, 1.54) is 4.90 Å². The van der Waals surface area contributed by atoms with Crippen molar-refractivity contribution >= 4 is 23.5 Å². The number of carboxylic acid groups (broad SMARTS) is 1. The van der Waals surface area contributed by atoms with E-state index in [0.29, 0.717) is 22.0 Å². The maximum Gasteiger partial charge on any atom is 0.308 e. The van der Waals surface area contributed by atoms with Crippen LogP contribution in [0.15, 0.2) is 28.8 Å². The lowest BCUT2D eigenvalue weighted by Gasteiger charge is -2.19. The van der Waals surface area contributed by atoms with E-state index >= 15 is 0 Å². The van der Waals surface area contributed by atoms with Crippen LogP contribution in [0.5, 0.6) is 0 Å². The number of hydrogen-bond donors (Lipinski definition) is 1. The van der Waals surface area contributed by atoms with Gasteiger partial charge in [-0.15, -0.1) is 0 Å². The SMILES string of the molecule is Cc1onc(-c2ccccc2Cl)c1C(=O)N(C)CC(C)C(=O)O. The summed E-state index contributed by atoms with van der Waals surface area (Å²) in [5.74, 6) is -1.63. The smallest absolute Gasteiger partial charge is 0.308 e. The largest absolute Gasteiger partial charge is 0.481 e. The van der Waals surface area contributed by atoms with Crippen molar-refractivity contribution in [1.82, 2.24) is 10.1 Å². The number of halogens is 1. The molecule has 6 nitrogen and oxygen atoms in total. The molecule has 0 saturated carbocycles. The maximum absolute atomic E-state index is 12.7. The highest BCUT2D eigenvalue weighted by atomic mass is 35.5. The summed E-state index contributed by atoms with van der Waals surface area (Å²) in [7, 11) is 1.55. The second-order valence-corrected chi connectivity index (χ2v) is 5.77. The molecule has 0 saturated heterocycles. The van der Waals surface area contributed by atoms with Gasteiger partial charge in [-0.05, 0) is 13.0 Å². The minimum absolute atomic E-state index is 0.0841. The number of amides is 1. The summed E-state index contributed by atoms with van der Waals surface area (Å²) in [5, 5.41) is 13.4. The third kappa shape index (κ3) is 3.53. The van der Waals surface area contributed by atoms with Crippen molar-refractivity contribution in [3.05, 3.63) is 40.6 Å². The Morgan fingerprint density at radius 2 is 2.04 bits per heavy atom. The molecule has 0 radical (unpaired) electrons. The van der Waals surface area contributed by atoms with Crippen LogP contribution >= 0.6 is 11.6 Å². The van der Waals surface area contributed by atoms with Crippen molar-refractivity contribution in [2.75, 3.05) is 13.6 Å². The van der Waals surface area contributed by atoms with E-state index in [1.54, 1.807) is 45.2 Å². The second kappa shape index (κ2) is 6.83. The Labute approximate surface area is 138 Å². The first-order chi connectivity index (χ1) is 10.8. The van der Waals surface area contributed by atoms with Gasteiger partial charge in [-0.25, -0.2) is 0 Å². The normalized spacial score (nSPS) is 12.0. The van der Waals surface area contributed by atoms with Crippen LogP contribution in [0.25, 0.3) is 11.3 Å². The van der Waals surface area contributed by atoms with Gasteiger partial charge in [-0.1, -0.05) is 41.9 Å². The van der Waals surface area contributed by atoms with E-state index in [9.17, 15) is 9.59 Å². The average Bonchev–Trinajstić information content (AvgIpc) is 2.88. The quantitative estimate of drug-likeness (QED) is 0.907. The number of carbonyl (C=O) groups is 2. The third-order valence-corrected chi connectivity index (χ3v) is 3.85. The van der Waals surface area contributed by atoms with Gasteiger partial charge in [0.15, 0.2) is 0 Å². The van der Waals surface area contributed by atoms with Crippen LogP contribution in [0.2, 0.25) is 5.02 Å². The zero-order chi connectivity index (χ0) is 17.1. The van der Waals surface area contributed by atoms with Crippen molar-refractivity contribution in [2.45, 2.75) is 13.8 Å². The standard InChI is InChI=1S/C16H17ClN2O4/c1-9(16(21)22)8-19(3)15(20)13-10(2)23-18-14(13)11-6-4-5-7-12(11)17/h4-7,9H,8H2,1-3H3,(H,21,22). The van der Waals surface area contributed by atoms with E-state index in [2.05, 4.69) is 5.16 Å². The van der Waals surface area contributed by atoms with Gasteiger partial charge in [0.25, 0.3) is 5.91 Å². The fourth-order valence-corrected chi connectivity index (χ4v) is 2.45. The number of hydrogen-bond acceptors (Lipinski definition) is 4. The Balaban J connectivity index is 2.37. The molecule has 1 atom stereocenters. The van der Waals surface area contributed by atoms with Crippen molar-refractivity contribution in [3.63, 3.8) is 0 Å². The fourth-order valence-electron chi connectivity index (χ4n) is 2.22. The molecule has 1 amide bonds. The van der Waals surface area contributed by atoms with Crippen molar-refractivity contribution in [3.8, 4) is 11.3 Å². The molecule has 23 heavy (non-hydrogen) atoms. The molecule has 0 fully saturated rings. The zero-order valence-electron chi connectivity index (χ0n) is 13.0. The Morgan fingerprint density at radius 3 is 2.65 bits per heavy atom. The first-order valence-electron chi connectivity index (χ1n) is 7.02. The summed E-state index contributed by atoms with van der Waals surface area (Å²) in [6.45, 7) is 3.26. The van der Waals surface area contributed by atoms with Gasteiger partial charge in [0, 0.05) is 19.2 Å². The number of carbonyl (C=O) groups excluding carboxylic acids is 1. The lowest BCUT2D eigenvalue weighted by Crippen LogP contribution is -2.34. The Morgan fingerprint density at radius 1 is 1.39 bits per heavy atom. The van der Waals surface area contributed by atoms with E-state index in [0.717, 1.165) is 0 Å². The van der Waals surface area contributed by atoms with Crippen LogP contribution in [0.3, 0.4) is 0 Å². The summed E-state index contributed by atoms with van der Waals surface area (Å²) < 4.78 is 5.16. The first-order valence-corrected chi connectivity index (χ1v) is 7.40. The predicted molar refractivity (Wildman–Crippen MR) is 85.4 cm³/mol. The van der Waals surface area contributed by atoms with Gasteiger partial charge in [0.05, 0.1) is 10.9 Å². The van der Waals surface area contributed by atoms with Crippen LogP contribution in [0, 0.1) is 12.8 Å². The summed E-state index contributed by atoms with van der Waals surface area (Å²) in [5.41, 5.74) is 1.24. The fraction of sp³-hybridized carbons (Fsp3) is 0.312. The molecular formula is C16H17ClN2O4. The van der Waals surface area contributed by atoms with E-state index < -0.39 is 11.9 Å². The monoisotopic (exact) mass is 336 g/mol. The van der Waals surface area contributed by atoms with Crippen LogP contribution in [-0.4, -0.2) is 40.6 Å². The molecule has 7 heteroatoms. The highest BCUT2D eigenvalue weighted by Crippen LogP contribution is 2.31. The maximum atomic E-state index is 12.7. The lowest BCUT2D eigenvalue weighted by atomic mass is 10.0. The molecule has 0 spiro atoms.